The Balaban J connectivity index is 2.23. The van der Waals surface area contributed by atoms with Crippen LogP contribution in [0.4, 0.5) is 0 Å². The van der Waals surface area contributed by atoms with Gasteiger partial charge in [0.05, 0.1) is 17.7 Å². The number of allylic oxidation sites excluding steroid dienone is 2. The molecule has 1 saturated heterocycles. The smallest absolute Gasteiger partial charge is 0.402 e. The third kappa shape index (κ3) is 3.90. The van der Waals surface area contributed by atoms with Crippen molar-refractivity contribution >= 4 is 12.8 Å². The van der Waals surface area contributed by atoms with Crippen LogP contribution in [0.3, 0.4) is 0 Å². The molecule has 1 aliphatic rings. The van der Waals surface area contributed by atoms with Gasteiger partial charge in [0.25, 0.3) is 0 Å². The highest BCUT2D eigenvalue weighted by Gasteiger charge is 2.53. The van der Waals surface area contributed by atoms with Crippen LogP contribution < -0.4 is 5.73 Å². The fourth-order valence-electron chi connectivity index (χ4n) is 2.71. The van der Waals surface area contributed by atoms with Crippen molar-refractivity contribution in [2.75, 3.05) is 0 Å². The summed E-state index contributed by atoms with van der Waals surface area (Å²) in [6.07, 6.45) is 0. The molecule has 0 bridgehead atoms. The number of aryl methyl sites for hydroxylation is 1. The fourth-order valence-corrected chi connectivity index (χ4v) is 2.71. The average Bonchev–Trinajstić information content (AvgIpc) is 2.64. The summed E-state index contributed by atoms with van der Waals surface area (Å²) in [4.78, 5) is 4.72. The molecule has 130 valence electrons. The van der Waals surface area contributed by atoms with Crippen LogP contribution in [0.1, 0.15) is 52.7 Å². The minimum atomic E-state index is -0.485. The van der Waals surface area contributed by atoms with Crippen LogP contribution in [0.5, 0.6) is 0 Å². The Morgan fingerprint density at radius 2 is 1.71 bits per heavy atom. The maximum absolute atomic E-state index is 6.14. The van der Waals surface area contributed by atoms with E-state index in [1.165, 1.54) is 11.1 Å². The lowest BCUT2D eigenvalue weighted by molar-refractivity contribution is 0.00578. The quantitative estimate of drug-likeness (QED) is 0.675. The molecule has 1 aromatic rings. The summed E-state index contributed by atoms with van der Waals surface area (Å²) >= 11 is 0. The zero-order valence-corrected chi connectivity index (χ0v) is 15.9. The molecule has 1 heterocycles. The Hall–Kier alpha value is -1.59. The SMILES string of the molecule is CC(=NCc1cccc(C)c1)/C(B1OC(C)(C)C(C)(C)O1)=C(/C)N. The van der Waals surface area contributed by atoms with Crippen LogP contribution in [0.2, 0.25) is 0 Å². The Kier molecular flexibility index (Phi) is 5.26. The lowest BCUT2D eigenvalue weighted by Crippen LogP contribution is -2.41. The summed E-state index contributed by atoms with van der Waals surface area (Å²) in [5.74, 6) is 0. The molecule has 5 heteroatoms. The van der Waals surface area contributed by atoms with E-state index in [4.69, 9.17) is 20.0 Å². The summed E-state index contributed by atoms with van der Waals surface area (Å²) in [6.45, 7) is 14.7. The third-order valence-corrected chi connectivity index (χ3v) is 4.88. The minimum absolute atomic E-state index is 0.394. The highest BCUT2D eigenvalue weighted by Crippen LogP contribution is 2.39. The van der Waals surface area contributed by atoms with Crippen LogP contribution in [-0.2, 0) is 15.9 Å². The lowest BCUT2D eigenvalue weighted by atomic mass is 9.74. The standard InChI is InChI=1S/C19H29BN2O2/c1-13-9-8-10-16(11-13)12-22-15(3)17(14(2)21)20-23-18(4,5)19(6,7)24-20/h8-11H,12,21H2,1-7H3/b17-14+,22-15?. The van der Waals surface area contributed by atoms with E-state index in [9.17, 15) is 0 Å². The first-order valence-electron chi connectivity index (χ1n) is 8.42. The molecular weight excluding hydrogens is 299 g/mol. The summed E-state index contributed by atoms with van der Waals surface area (Å²) in [5, 5.41) is 0. The van der Waals surface area contributed by atoms with Crippen LogP contribution in [-0.4, -0.2) is 24.0 Å². The van der Waals surface area contributed by atoms with Gasteiger partial charge in [0.1, 0.15) is 0 Å². The third-order valence-electron chi connectivity index (χ3n) is 4.88. The molecule has 0 atom stereocenters. The normalized spacial score (nSPS) is 21.0. The summed E-state index contributed by atoms with van der Waals surface area (Å²) in [6, 6.07) is 8.36. The van der Waals surface area contributed by atoms with E-state index in [1.807, 2.05) is 41.5 Å². The Bertz CT molecular complexity index is 658. The van der Waals surface area contributed by atoms with Crippen molar-refractivity contribution in [2.45, 2.75) is 66.2 Å². The van der Waals surface area contributed by atoms with E-state index < -0.39 is 18.3 Å². The van der Waals surface area contributed by atoms with Gasteiger partial charge < -0.3 is 15.0 Å². The maximum Gasteiger partial charge on any atom is 0.498 e. The Morgan fingerprint density at radius 1 is 1.12 bits per heavy atom. The van der Waals surface area contributed by atoms with Gasteiger partial charge in [-0.05, 0) is 54.0 Å². The van der Waals surface area contributed by atoms with Crippen molar-refractivity contribution in [1.82, 2.24) is 0 Å². The highest BCUT2D eigenvalue weighted by atomic mass is 16.7. The molecule has 0 radical (unpaired) electrons. The van der Waals surface area contributed by atoms with Crippen molar-refractivity contribution in [3.05, 3.63) is 46.6 Å². The first-order chi connectivity index (χ1) is 11.0. The minimum Gasteiger partial charge on any atom is -0.402 e. The number of hydrogen-bond donors (Lipinski definition) is 1. The molecule has 0 spiro atoms. The summed E-state index contributed by atoms with van der Waals surface area (Å²) in [7, 11) is -0.485. The van der Waals surface area contributed by atoms with Crippen LogP contribution in [0, 0.1) is 6.92 Å². The monoisotopic (exact) mass is 328 g/mol. The van der Waals surface area contributed by atoms with E-state index in [-0.39, 0.29) is 0 Å². The molecule has 0 saturated carbocycles. The predicted octanol–water partition coefficient (Wildman–Crippen LogP) is 3.82. The molecule has 0 amide bonds. The Labute approximate surface area is 146 Å². The molecule has 1 fully saturated rings. The van der Waals surface area contributed by atoms with E-state index in [0.717, 1.165) is 11.2 Å². The second-order valence-electron chi connectivity index (χ2n) is 7.58. The van der Waals surface area contributed by atoms with Crippen LogP contribution in [0.15, 0.2) is 40.4 Å². The predicted molar refractivity (Wildman–Crippen MR) is 101 cm³/mol. The molecular formula is C19H29BN2O2. The van der Waals surface area contributed by atoms with Gasteiger partial charge in [-0.25, -0.2) is 0 Å². The number of hydrogen-bond acceptors (Lipinski definition) is 4. The zero-order valence-electron chi connectivity index (χ0n) is 15.9. The second-order valence-corrected chi connectivity index (χ2v) is 7.58. The van der Waals surface area contributed by atoms with Gasteiger partial charge in [-0.3, -0.25) is 4.99 Å². The van der Waals surface area contributed by atoms with Gasteiger partial charge in [-0.2, -0.15) is 0 Å². The van der Waals surface area contributed by atoms with Gasteiger partial charge in [0.2, 0.25) is 0 Å². The topological polar surface area (TPSA) is 56.8 Å². The summed E-state index contributed by atoms with van der Waals surface area (Å²) < 4.78 is 12.3. The molecule has 0 aliphatic carbocycles. The highest BCUT2D eigenvalue weighted by molar-refractivity contribution is 6.62. The van der Waals surface area contributed by atoms with Gasteiger partial charge in [-0.1, -0.05) is 29.8 Å². The van der Waals surface area contributed by atoms with Crippen LogP contribution >= 0.6 is 0 Å². The number of nitrogens with two attached hydrogens (primary N) is 1. The average molecular weight is 328 g/mol. The van der Waals surface area contributed by atoms with Crippen molar-refractivity contribution in [3.8, 4) is 0 Å². The number of benzene rings is 1. The Morgan fingerprint density at radius 3 is 2.21 bits per heavy atom. The first kappa shape index (κ1) is 18.7. The molecule has 24 heavy (non-hydrogen) atoms. The number of nitrogens with zero attached hydrogens (tertiary/aromatic N) is 1. The van der Waals surface area contributed by atoms with Crippen molar-refractivity contribution in [2.24, 2.45) is 10.7 Å². The number of aliphatic imine (C=N–C) groups is 1. The van der Waals surface area contributed by atoms with Gasteiger partial charge in [0, 0.05) is 16.9 Å². The fraction of sp³-hybridized carbons (Fsp3) is 0.526. The number of rotatable bonds is 4. The first-order valence-corrected chi connectivity index (χ1v) is 8.42. The van der Waals surface area contributed by atoms with Gasteiger partial charge >= 0.3 is 7.12 Å². The van der Waals surface area contributed by atoms with Gasteiger partial charge in [0.15, 0.2) is 0 Å². The zero-order chi connectivity index (χ0) is 18.1. The molecule has 1 aliphatic heterocycles. The molecule has 2 rings (SSSR count). The van der Waals surface area contributed by atoms with E-state index in [0.29, 0.717) is 12.2 Å². The molecule has 1 aromatic carbocycles. The lowest BCUT2D eigenvalue weighted by Gasteiger charge is -2.32. The largest absolute Gasteiger partial charge is 0.498 e. The van der Waals surface area contributed by atoms with E-state index >= 15 is 0 Å². The van der Waals surface area contributed by atoms with Crippen molar-refractivity contribution in [1.29, 1.82) is 0 Å². The molecule has 0 aromatic heterocycles. The van der Waals surface area contributed by atoms with Crippen LogP contribution in [0.25, 0.3) is 0 Å². The second kappa shape index (κ2) is 6.73. The van der Waals surface area contributed by atoms with Crippen molar-refractivity contribution in [3.63, 3.8) is 0 Å². The molecule has 4 nitrogen and oxygen atoms in total. The van der Waals surface area contributed by atoms with Crippen molar-refractivity contribution < 1.29 is 9.31 Å². The molecule has 0 unspecified atom stereocenters. The van der Waals surface area contributed by atoms with E-state index in [1.54, 1.807) is 0 Å². The summed E-state index contributed by atoms with van der Waals surface area (Å²) in [5.41, 5.74) is 10.1. The van der Waals surface area contributed by atoms with Gasteiger partial charge in [-0.15, -0.1) is 0 Å². The maximum atomic E-state index is 6.14. The molecule has 2 N–H and O–H groups in total. The van der Waals surface area contributed by atoms with E-state index in [2.05, 4.69) is 31.2 Å².